The highest BCUT2D eigenvalue weighted by Gasteiger charge is 2.44. The van der Waals surface area contributed by atoms with Gasteiger partial charge >= 0.3 is 5.97 Å². The van der Waals surface area contributed by atoms with E-state index in [1.54, 1.807) is 0 Å². The van der Waals surface area contributed by atoms with Gasteiger partial charge in [0.05, 0.1) is 5.41 Å². The van der Waals surface area contributed by atoms with Crippen LogP contribution in [0.2, 0.25) is 0 Å². The van der Waals surface area contributed by atoms with E-state index in [0.29, 0.717) is 0 Å². The van der Waals surface area contributed by atoms with Gasteiger partial charge in [-0.05, 0) is 63.9 Å². The summed E-state index contributed by atoms with van der Waals surface area (Å²) in [5.74, 6) is -0.289. The fraction of sp³-hybridized carbons (Fsp3) is 0.450. The Morgan fingerprint density at radius 3 is 2.04 bits per heavy atom. The highest BCUT2D eigenvalue weighted by molar-refractivity contribution is 5.83. The number of fused-ring (bicyclic) bond motifs is 1. The molecule has 23 heavy (non-hydrogen) atoms. The van der Waals surface area contributed by atoms with Crippen molar-refractivity contribution < 1.29 is 9.53 Å². The molecule has 2 aromatic rings. The molecule has 2 aromatic carbocycles. The van der Waals surface area contributed by atoms with Gasteiger partial charge in [-0.1, -0.05) is 36.4 Å². The van der Waals surface area contributed by atoms with E-state index in [1.807, 2.05) is 59.7 Å². The molecule has 124 valence electrons. The van der Waals surface area contributed by atoms with Gasteiger partial charge in [0.1, 0.15) is 5.60 Å². The van der Waals surface area contributed by atoms with E-state index in [-0.39, 0.29) is 5.97 Å². The summed E-state index contributed by atoms with van der Waals surface area (Å²) in [7, 11) is 0. The van der Waals surface area contributed by atoms with Crippen molar-refractivity contribution in [3.8, 4) is 0 Å². The van der Waals surface area contributed by atoms with Crippen molar-refractivity contribution in [3.05, 3.63) is 48.0 Å². The van der Waals surface area contributed by atoms with Crippen LogP contribution in [0.1, 0.15) is 47.1 Å². The molecule has 0 saturated carbocycles. The summed E-state index contributed by atoms with van der Waals surface area (Å²) in [6.45, 7) is 11.2. The highest BCUT2D eigenvalue weighted by atomic mass is 16.6. The predicted octanol–water partition coefficient (Wildman–Crippen LogP) is 4.38. The number of hydrogen-bond donors (Lipinski definition) is 1. The number of carbonyl (C=O) groups is 1. The Kier molecular flexibility index (Phi) is 4.29. The fourth-order valence-electron chi connectivity index (χ4n) is 2.25. The maximum Gasteiger partial charge on any atom is 0.314 e. The number of benzene rings is 2. The first-order valence-corrected chi connectivity index (χ1v) is 7.97. The molecule has 0 aliphatic rings. The Morgan fingerprint density at radius 1 is 0.913 bits per heavy atom. The summed E-state index contributed by atoms with van der Waals surface area (Å²) in [4.78, 5) is 12.7. The van der Waals surface area contributed by atoms with Crippen LogP contribution in [0.3, 0.4) is 0 Å². The second-order valence-electron chi connectivity index (χ2n) is 7.81. The molecule has 2 N–H and O–H groups in total. The van der Waals surface area contributed by atoms with Crippen LogP contribution in [0.4, 0.5) is 0 Å². The minimum atomic E-state index is -0.777. The van der Waals surface area contributed by atoms with Crippen molar-refractivity contribution in [2.24, 2.45) is 11.1 Å². The Balaban J connectivity index is 2.31. The van der Waals surface area contributed by atoms with Crippen molar-refractivity contribution in [2.45, 2.75) is 52.7 Å². The van der Waals surface area contributed by atoms with E-state index in [4.69, 9.17) is 10.5 Å². The lowest BCUT2D eigenvalue weighted by atomic mass is 9.75. The average Bonchev–Trinajstić information content (AvgIpc) is 2.45. The van der Waals surface area contributed by atoms with Crippen molar-refractivity contribution in [1.82, 2.24) is 0 Å². The minimum absolute atomic E-state index is 0.289. The summed E-state index contributed by atoms with van der Waals surface area (Å²) in [5, 5.41) is 2.30. The zero-order chi connectivity index (χ0) is 17.5. The van der Waals surface area contributed by atoms with E-state index in [2.05, 4.69) is 24.3 Å². The van der Waals surface area contributed by atoms with E-state index < -0.39 is 16.6 Å². The number of carbonyl (C=O) groups excluding carboxylic acids is 1. The molecule has 0 bridgehead atoms. The number of esters is 1. The summed E-state index contributed by atoms with van der Waals surface area (Å²) in [5.41, 5.74) is 4.95. The normalized spacial score (nSPS) is 13.2. The molecule has 0 atom stereocenters. The number of rotatable bonds is 4. The number of ether oxygens (including phenoxy) is 1. The summed E-state index contributed by atoms with van der Waals surface area (Å²) < 4.78 is 5.85. The van der Waals surface area contributed by atoms with Crippen molar-refractivity contribution in [2.75, 3.05) is 0 Å². The molecule has 0 heterocycles. The molecule has 0 saturated heterocycles. The Morgan fingerprint density at radius 2 is 1.48 bits per heavy atom. The first-order chi connectivity index (χ1) is 10.4. The molecular formula is C20H27NO2. The summed E-state index contributed by atoms with van der Waals surface area (Å²) in [6, 6.07) is 14.3. The second-order valence-corrected chi connectivity index (χ2v) is 7.81. The fourth-order valence-corrected chi connectivity index (χ4v) is 2.25. The lowest BCUT2D eigenvalue weighted by molar-refractivity contribution is -0.171. The van der Waals surface area contributed by atoms with E-state index in [0.717, 1.165) is 10.9 Å². The molecule has 3 nitrogen and oxygen atoms in total. The van der Waals surface area contributed by atoms with Gasteiger partial charge in [0.25, 0.3) is 0 Å². The van der Waals surface area contributed by atoms with Crippen LogP contribution in [0.5, 0.6) is 0 Å². The first-order valence-electron chi connectivity index (χ1n) is 7.97. The molecule has 3 heteroatoms. The average molecular weight is 313 g/mol. The van der Waals surface area contributed by atoms with Crippen molar-refractivity contribution in [3.63, 3.8) is 0 Å². The molecule has 0 aliphatic heterocycles. The maximum atomic E-state index is 12.7. The third kappa shape index (κ3) is 3.40. The second kappa shape index (κ2) is 5.64. The monoisotopic (exact) mass is 313 g/mol. The van der Waals surface area contributed by atoms with Gasteiger partial charge in [0, 0.05) is 5.54 Å². The van der Waals surface area contributed by atoms with Crippen LogP contribution in [0.15, 0.2) is 42.5 Å². The van der Waals surface area contributed by atoms with Gasteiger partial charge in [-0.25, -0.2) is 0 Å². The Bertz CT molecular complexity index is 724. The highest BCUT2D eigenvalue weighted by Crippen LogP contribution is 2.35. The molecule has 2 rings (SSSR count). The largest absolute Gasteiger partial charge is 0.454 e. The van der Waals surface area contributed by atoms with E-state index in [9.17, 15) is 4.79 Å². The van der Waals surface area contributed by atoms with Crippen molar-refractivity contribution in [1.29, 1.82) is 0 Å². The van der Waals surface area contributed by atoms with Crippen LogP contribution >= 0.6 is 0 Å². The Labute approximate surface area is 138 Å². The summed E-state index contributed by atoms with van der Waals surface area (Å²) in [6.07, 6.45) is 0. The number of nitrogens with two attached hydrogens (primary N) is 1. The number of hydrogen-bond acceptors (Lipinski definition) is 3. The quantitative estimate of drug-likeness (QED) is 0.852. The zero-order valence-electron chi connectivity index (χ0n) is 14.9. The third-order valence-corrected chi connectivity index (χ3v) is 4.91. The summed E-state index contributed by atoms with van der Waals surface area (Å²) >= 11 is 0. The molecule has 0 aliphatic carbocycles. The maximum absolute atomic E-state index is 12.7. The molecule has 0 amide bonds. The van der Waals surface area contributed by atoms with E-state index >= 15 is 0 Å². The first kappa shape index (κ1) is 17.5. The van der Waals surface area contributed by atoms with Crippen LogP contribution < -0.4 is 5.73 Å². The molecular weight excluding hydrogens is 286 g/mol. The lowest BCUT2D eigenvalue weighted by Gasteiger charge is -2.39. The Hall–Kier alpha value is -1.87. The smallest absolute Gasteiger partial charge is 0.314 e. The van der Waals surface area contributed by atoms with Gasteiger partial charge in [0.15, 0.2) is 0 Å². The standard InChI is InChI=1S/C20H27NO2/c1-18(2,20(5,6)21)17(22)23-19(3,4)16-12-11-14-9-7-8-10-15(14)13-16/h7-13H,21H2,1-6H3. The topological polar surface area (TPSA) is 52.3 Å². The SMILES string of the molecule is CC(C)(OC(=O)C(C)(C)C(C)(C)N)c1ccc2ccccc2c1. The molecule has 0 fully saturated rings. The van der Waals surface area contributed by atoms with Gasteiger partial charge in [0.2, 0.25) is 0 Å². The molecule has 0 spiro atoms. The minimum Gasteiger partial charge on any atom is -0.454 e. The molecule has 0 aromatic heterocycles. The molecule has 0 radical (unpaired) electrons. The van der Waals surface area contributed by atoms with Crippen LogP contribution in [0.25, 0.3) is 10.8 Å². The zero-order valence-corrected chi connectivity index (χ0v) is 14.9. The van der Waals surface area contributed by atoms with Gasteiger partial charge in [-0.15, -0.1) is 0 Å². The van der Waals surface area contributed by atoms with Gasteiger partial charge < -0.3 is 10.5 Å². The third-order valence-electron chi connectivity index (χ3n) is 4.91. The molecule has 0 unspecified atom stereocenters. The van der Waals surface area contributed by atoms with Gasteiger partial charge in [-0.2, -0.15) is 0 Å². The van der Waals surface area contributed by atoms with Gasteiger partial charge in [-0.3, -0.25) is 4.79 Å². The van der Waals surface area contributed by atoms with E-state index in [1.165, 1.54) is 5.39 Å². The predicted molar refractivity (Wildman–Crippen MR) is 95.1 cm³/mol. The van der Waals surface area contributed by atoms with Crippen LogP contribution in [-0.4, -0.2) is 11.5 Å². The lowest BCUT2D eigenvalue weighted by Crippen LogP contribution is -2.53. The van der Waals surface area contributed by atoms with Crippen LogP contribution in [-0.2, 0) is 15.1 Å². The van der Waals surface area contributed by atoms with Crippen LogP contribution in [0, 0.1) is 5.41 Å². The van der Waals surface area contributed by atoms with Crippen molar-refractivity contribution >= 4 is 16.7 Å².